The molecule has 0 saturated heterocycles. The van der Waals surface area contributed by atoms with Gasteiger partial charge in [-0.2, -0.15) is 0 Å². The molecule has 1 amide bonds. The molecule has 20 heavy (non-hydrogen) atoms. The molecule has 1 aliphatic rings. The Morgan fingerprint density at radius 1 is 1.30 bits per heavy atom. The van der Waals surface area contributed by atoms with E-state index < -0.39 is 0 Å². The molecule has 1 aliphatic heterocycles. The van der Waals surface area contributed by atoms with Crippen LogP contribution in [0.25, 0.3) is 0 Å². The van der Waals surface area contributed by atoms with Crippen LogP contribution in [0.5, 0.6) is 0 Å². The summed E-state index contributed by atoms with van der Waals surface area (Å²) in [5.74, 6) is 1.20. The van der Waals surface area contributed by atoms with Crippen molar-refractivity contribution in [2.45, 2.75) is 40.2 Å². The highest BCUT2D eigenvalue weighted by molar-refractivity contribution is 5.96. The number of carbonyl (C=O) groups is 1. The molecule has 0 aliphatic carbocycles. The summed E-state index contributed by atoms with van der Waals surface area (Å²) in [6, 6.07) is 6.69. The predicted molar refractivity (Wildman–Crippen MR) is 82.9 cm³/mol. The van der Waals surface area contributed by atoms with Gasteiger partial charge in [-0.15, -0.1) is 0 Å². The van der Waals surface area contributed by atoms with E-state index in [-0.39, 0.29) is 5.91 Å². The minimum atomic E-state index is 0.0700. The molecular weight excluding hydrogens is 248 g/mol. The van der Waals surface area contributed by atoms with E-state index in [1.54, 1.807) is 0 Å². The van der Waals surface area contributed by atoms with Crippen molar-refractivity contribution in [2.24, 2.45) is 11.8 Å². The minimum absolute atomic E-state index is 0.0700. The van der Waals surface area contributed by atoms with E-state index in [0.717, 1.165) is 25.1 Å². The zero-order valence-corrected chi connectivity index (χ0v) is 13.0. The van der Waals surface area contributed by atoms with Crippen LogP contribution in [-0.4, -0.2) is 19.0 Å². The highest BCUT2D eigenvalue weighted by atomic mass is 16.1. The fourth-order valence-corrected chi connectivity index (χ4v) is 2.83. The molecule has 0 saturated carbocycles. The van der Waals surface area contributed by atoms with E-state index in [2.05, 4.69) is 56.5 Å². The van der Waals surface area contributed by atoms with Crippen molar-refractivity contribution in [3.05, 3.63) is 34.9 Å². The van der Waals surface area contributed by atoms with E-state index in [9.17, 15) is 4.79 Å². The molecule has 3 heteroatoms. The lowest BCUT2D eigenvalue weighted by atomic mass is 9.84. The molecule has 0 aromatic heterocycles. The zero-order valence-electron chi connectivity index (χ0n) is 13.0. The molecule has 2 atom stereocenters. The van der Waals surface area contributed by atoms with Crippen molar-refractivity contribution in [3.8, 4) is 0 Å². The van der Waals surface area contributed by atoms with E-state index in [1.165, 1.54) is 11.1 Å². The number of fused-ring (bicyclic) bond motifs is 1. The smallest absolute Gasteiger partial charge is 0.251 e. The first kappa shape index (κ1) is 15.0. The highest BCUT2D eigenvalue weighted by Crippen LogP contribution is 2.29. The average molecular weight is 274 g/mol. The van der Waals surface area contributed by atoms with Crippen molar-refractivity contribution in [1.82, 2.24) is 10.6 Å². The van der Waals surface area contributed by atoms with Crippen LogP contribution >= 0.6 is 0 Å². The van der Waals surface area contributed by atoms with Gasteiger partial charge < -0.3 is 10.6 Å². The molecular formula is C17H26N2O. The molecule has 0 radical (unpaired) electrons. The van der Waals surface area contributed by atoms with Crippen LogP contribution in [0.4, 0.5) is 0 Å². The van der Waals surface area contributed by atoms with Gasteiger partial charge in [0.15, 0.2) is 0 Å². The van der Waals surface area contributed by atoms with E-state index in [4.69, 9.17) is 0 Å². The lowest BCUT2D eigenvalue weighted by molar-refractivity contribution is 0.0946. The van der Waals surface area contributed by atoms with Crippen molar-refractivity contribution in [3.63, 3.8) is 0 Å². The Bertz CT molecular complexity index is 482. The zero-order chi connectivity index (χ0) is 14.7. The molecule has 110 valence electrons. The summed E-state index contributed by atoms with van der Waals surface area (Å²) in [5.41, 5.74) is 3.25. The number of amides is 1. The molecule has 1 aromatic carbocycles. The molecule has 0 spiro atoms. The van der Waals surface area contributed by atoms with Gasteiger partial charge in [0.25, 0.3) is 5.91 Å². The molecule has 1 aromatic rings. The van der Waals surface area contributed by atoms with Gasteiger partial charge >= 0.3 is 0 Å². The topological polar surface area (TPSA) is 41.1 Å². The van der Waals surface area contributed by atoms with Crippen LogP contribution in [0.2, 0.25) is 0 Å². The van der Waals surface area contributed by atoms with E-state index in [0.29, 0.717) is 17.9 Å². The van der Waals surface area contributed by atoms with Crippen molar-refractivity contribution >= 4 is 5.91 Å². The quantitative estimate of drug-likeness (QED) is 0.867. The normalized spacial score (nSPS) is 17.6. The van der Waals surface area contributed by atoms with Gasteiger partial charge in [0.05, 0.1) is 0 Å². The third-order valence-electron chi connectivity index (χ3n) is 4.42. The summed E-state index contributed by atoms with van der Waals surface area (Å²) in [5, 5.41) is 6.50. The Morgan fingerprint density at radius 3 is 2.70 bits per heavy atom. The Hall–Kier alpha value is -1.35. The summed E-state index contributed by atoms with van der Waals surface area (Å²) in [6.45, 7) is 10.6. The lowest BCUT2D eigenvalue weighted by Gasteiger charge is -2.29. The molecule has 0 fully saturated rings. The maximum absolute atomic E-state index is 12.0. The first-order chi connectivity index (χ1) is 9.54. The lowest BCUT2D eigenvalue weighted by Crippen LogP contribution is -2.33. The summed E-state index contributed by atoms with van der Waals surface area (Å²) in [7, 11) is 0. The van der Waals surface area contributed by atoms with Crippen LogP contribution in [0.3, 0.4) is 0 Å². The second-order valence-corrected chi connectivity index (χ2v) is 6.06. The van der Waals surface area contributed by atoms with Crippen LogP contribution in [0.15, 0.2) is 18.2 Å². The second-order valence-electron chi connectivity index (χ2n) is 6.06. The van der Waals surface area contributed by atoms with Gasteiger partial charge in [-0.05, 0) is 42.0 Å². The molecule has 2 rings (SSSR count). The van der Waals surface area contributed by atoms with Crippen LogP contribution in [-0.2, 0) is 6.42 Å². The van der Waals surface area contributed by atoms with Crippen molar-refractivity contribution < 1.29 is 4.79 Å². The number of hydrogen-bond acceptors (Lipinski definition) is 2. The number of rotatable bonds is 5. The Labute approximate surface area is 122 Å². The molecule has 1 heterocycles. The van der Waals surface area contributed by atoms with Gasteiger partial charge in [0.1, 0.15) is 0 Å². The third kappa shape index (κ3) is 3.04. The Balaban J connectivity index is 2.34. The van der Waals surface area contributed by atoms with Crippen molar-refractivity contribution in [2.75, 3.05) is 13.1 Å². The maximum atomic E-state index is 12.0. The fourth-order valence-electron chi connectivity index (χ4n) is 2.83. The van der Waals surface area contributed by atoms with Gasteiger partial charge in [-0.1, -0.05) is 39.8 Å². The van der Waals surface area contributed by atoms with Gasteiger partial charge in [0, 0.05) is 18.2 Å². The van der Waals surface area contributed by atoms with E-state index in [1.807, 2.05) is 0 Å². The van der Waals surface area contributed by atoms with Gasteiger partial charge in [-0.25, -0.2) is 0 Å². The second kappa shape index (κ2) is 6.40. The predicted octanol–water partition coefficient (Wildman–Crippen LogP) is 2.92. The van der Waals surface area contributed by atoms with Crippen LogP contribution < -0.4 is 10.6 Å². The van der Waals surface area contributed by atoms with Crippen LogP contribution in [0.1, 0.15) is 55.2 Å². The number of hydrogen-bond donors (Lipinski definition) is 2. The summed E-state index contributed by atoms with van der Waals surface area (Å²) >= 11 is 0. The van der Waals surface area contributed by atoms with Crippen LogP contribution in [0, 0.1) is 11.8 Å². The van der Waals surface area contributed by atoms with Gasteiger partial charge in [0.2, 0.25) is 0 Å². The maximum Gasteiger partial charge on any atom is 0.251 e. The standard InChI is InChI=1S/C17H26N2O/c1-5-18-16(12(4)11(2)3)14-7-6-13-8-9-19-17(20)15(13)10-14/h6-7,10-12,16,18H,5,8-9H2,1-4H3,(H,19,20). The molecule has 0 bridgehead atoms. The monoisotopic (exact) mass is 274 g/mol. The Kier molecular flexibility index (Phi) is 4.81. The SMILES string of the molecule is CCNC(c1ccc2c(c1)C(=O)NCC2)C(C)C(C)C. The third-order valence-corrected chi connectivity index (χ3v) is 4.42. The number of nitrogens with one attached hydrogen (secondary N) is 2. The molecule has 2 unspecified atom stereocenters. The summed E-state index contributed by atoms with van der Waals surface area (Å²) < 4.78 is 0. The molecule has 2 N–H and O–H groups in total. The first-order valence-electron chi connectivity index (χ1n) is 7.69. The Morgan fingerprint density at radius 2 is 2.05 bits per heavy atom. The largest absolute Gasteiger partial charge is 0.352 e. The fraction of sp³-hybridized carbons (Fsp3) is 0.588. The minimum Gasteiger partial charge on any atom is -0.352 e. The summed E-state index contributed by atoms with van der Waals surface area (Å²) in [4.78, 5) is 12.0. The summed E-state index contributed by atoms with van der Waals surface area (Å²) in [6.07, 6.45) is 0.937. The average Bonchev–Trinajstić information content (AvgIpc) is 2.44. The highest BCUT2D eigenvalue weighted by Gasteiger charge is 2.24. The van der Waals surface area contributed by atoms with Gasteiger partial charge in [-0.3, -0.25) is 4.79 Å². The number of benzene rings is 1. The first-order valence-corrected chi connectivity index (χ1v) is 7.69. The van der Waals surface area contributed by atoms with Crippen molar-refractivity contribution in [1.29, 1.82) is 0 Å². The van der Waals surface area contributed by atoms with E-state index >= 15 is 0 Å². The number of carbonyl (C=O) groups excluding carboxylic acids is 1. The molecule has 3 nitrogen and oxygen atoms in total.